The molecule has 10 rings (SSSR count). The first kappa shape index (κ1) is 27.2. The summed E-state index contributed by atoms with van der Waals surface area (Å²) in [6.45, 7) is 4.45. The van der Waals surface area contributed by atoms with Gasteiger partial charge in [-0.15, -0.1) is 0 Å². The molecule has 0 N–H and O–H groups in total. The maximum atomic E-state index is 5.19. The number of aromatic nitrogens is 2. The number of para-hydroxylation sites is 2. The van der Waals surface area contributed by atoms with Crippen LogP contribution in [0.5, 0.6) is 0 Å². The lowest BCUT2D eigenvalue weighted by molar-refractivity contribution is 1.23. The van der Waals surface area contributed by atoms with Crippen molar-refractivity contribution in [1.82, 2.24) is 9.38 Å². The maximum absolute atomic E-state index is 5.19. The first-order valence-electron chi connectivity index (χ1n) is 16.9. The van der Waals surface area contributed by atoms with Crippen LogP contribution in [0, 0.1) is 0 Å². The summed E-state index contributed by atoms with van der Waals surface area (Å²) in [6.07, 6.45) is 3.31. The molecule has 0 saturated carbocycles. The fourth-order valence-electron chi connectivity index (χ4n) is 8.29. The summed E-state index contributed by atoms with van der Waals surface area (Å²) in [5.74, 6) is 0. The van der Waals surface area contributed by atoms with Crippen LogP contribution in [0.1, 0.15) is 25.8 Å². The molecule has 2 nitrogen and oxygen atoms in total. The minimum atomic E-state index is 1.00. The summed E-state index contributed by atoms with van der Waals surface area (Å²) in [5.41, 5.74) is 14.7. The lowest BCUT2D eigenvalue weighted by Crippen LogP contribution is -2.28. The lowest BCUT2D eigenvalue weighted by atomic mass is 9.94. The Labute approximate surface area is 278 Å². The molecule has 0 aliphatic heterocycles. The fraction of sp³-hybridized carbons (Fsp3) is 0.0652. The summed E-state index contributed by atoms with van der Waals surface area (Å²) < 4.78 is 2.36. The molecule has 0 fully saturated rings. The van der Waals surface area contributed by atoms with Gasteiger partial charge in [-0.25, -0.2) is 4.98 Å². The Kier molecular flexibility index (Phi) is 5.80. The highest BCUT2D eigenvalue weighted by atomic mass is 15.0. The quantitative estimate of drug-likeness (QED) is 0.143. The Morgan fingerprint density at radius 1 is 0.542 bits per heavy atom. The van der Waals surface area contributed by atoms with Gasteiger partial charge in [0.25, 0.3) is 0 Å². The van der Waals surface area contributed by atoms with Crippen LogP contribution < -0.4 is 10.4 Å². The number of fused-ring (bicyclic) bond motifs is 12. The summed E-state index contributed by atoms with van der Waals surface area (Å²) in [4.78, 5) is 5.19. The van der Waals surface area contributed by atoms with Gasteiger partial charge >= 0.3 is 0 Å². The normalized spacial score (nSPS) is 13.0. The average molecular weight is 613 g/mol. The topological polar surface area (TPSA) is 17.3 Å². The van der Waals surface area contributed by atoms with Crippen LogP contribution in [0.4, 0.5) is 0 Å². The van der Waals surface area contributed by atoms with Crippen molar-refractivity contribution in [2.24, 2.45) is 0 Å². The predicted octanol–water partition coefficient (Wildman–Crippen LogP) is 10.7. The van der Waals surface area contributed by atoms with Crippen LogP contribution in [0.3, 0.4) is 0 Å². The van der Waals surface area contributed by atoms with E-state index in [2.05, 4.69) is 164 Å². The molecule has 2 aromatic heterocycles. The smallest absolute Gasteiger partial charge is 0.146 e. The van der Waals surface area contributed by atoms with E-state index < -0.39 is 0 Å². The monoisotopic (exact) mass is 612 g/mol. The van der Waals surface area contributed by atoms with E-state index in [0.29, 0.717) is 0 Å². The van der Waals surface area contributed by atoms with E-state index in [1.807, 2.05) is 0 Å². The van der Waals surface area contributed by atoms with Crippen molar-refractivity contribution in [1.29, 1.82) is 0 Å². The van der Waals surface area contributed by atoms with Crippen LogP contribution in [-0.2, 0) is 0 Å². The number of rotatable bonds is 3. The first-order chi connectivity index (χ1) is 23.7. The van der Waals surface area contributed by atoms with Gasteiger partial charge in [-0.3, -0.25) is 4.40 Å². The molecular formula is C46H32N2. The molecule has 0 amide bonds. The van der Waals surface area contributed by atoms with Gasteiger partial charge in [0, 0.05) is 10.8 Å². The van der Waals surface area contributed by atoms with Crippen LogP contribution in [0.15, 0.2) is 140 Å². The molecule has 9 aromatic rings. The molecule has 48 heavy (non-hydrogen) atoms. The van der Waals surface area contributed by atoms with E-state index in [1.54, 1.807) is 0 Å². The van der Waals surface area contributed by atoms with Crippen LogP contribution >= 0.6 is 0 Å². The molecule has 1 aliphatic rings. The van der Waals surface area contributed by atoms with Crippen molar-refractivity contribution < 1.29 is 0 Å². The zero-order chi connectivity index (χ0) is 31.9. The van der Waals surface area contributed by atoms with Crippen LogP contribution in [0.2, 0.25) is 0 Å². The van der Waals surface area contributed by atoms with Crippen LogP contribution in [-0.4, -0.2) is 9.38 Å². The Bertz CT molecular complexity index is 2940. The van der Waals surface area contributed by atoms with E-state index in [-0.39, 0.29) is 0 Å². The van der Waals surface area contributed by atoms with Gasteiger partial charge in [-0.1, -0.05) is 116 Å². The molecule has 226 valence electrons. The third kappa shape index (κ3) is 3.77. The number of pyridine rings is 1. The average Bonchev–Trinajstić information content (AvgIpc) is 3.70. The van der Waals surface area contributed by atoms with Crippen molar-refractivity contribution in [3.05, 3.63) is 156 Å². The molecule has 0 atom stereocenters. The Hall–Kier alpha value is -5.99. The second kappa shape index (κ2) is 10.3. The van der Waals surface area contributed by atoms with Crippen molar-refractivity contribution in [2.75, 3.05) is 0 Å². The fourth-order valence-corrected chi connectivity index (χ4v) is 8.29. The predicted molar refractivity (Wildman–Crippen MR) is 204 cm³/mol. The molecule has 0 bridgehead atoms. The minimum absolute atomic E-state index is 1.00. The lowest BCUT2D eigenvalue weighted by Gasteiger charge is -2.13. The van der Waals surface area contributed by atoms with Crippen molar-refractivity contribution in [3.8, 4) is 33.4 Å². The summed E-state index contributed by atoms with van der Waals surface area (Å²) >= 11 is 0. The third-order valence-corrected chi connectivity index (χ3v) is 10.5. The molecule has 0 spiro atoms. The minimum Gasteiger partial charge on any atom is -0.292 e. The Balaban J connectivity index is 1.21. The van der Waals surface area contributed by atoms with Crippen molar-refractivity contribution >= 4 is 60.8 Å². The molecule has 2 heterocycles. The van der Waals surface area contributed by atoms with Crippen LogP contribution in [0.25, 0.3) is 94.2 Å². The zero-order valence-electron chi connectivity index (χ0n) is 27.0. The molecule has 2 heteroatoms. The second-order valence-electron chi connectivity index (χ2n) is 12.9. The van der Waals surface area contributed by atoms with E-state index in [9.17, 15) is 0 Å². The van der Waals surface area contributed by atoms with E-state index in [4.69, 9.17) is 4.98 Å². The summed E-state index contributed by atoms with van der Waals surface area (Å²) in [7, 11) is 0. The zero-order valence-corrected chi connectivity index (χ0v) is 27.0. The second-order valence-corrected chi connectivity index (χ2v) is 12.9. The number of hydrogen-bond acceptors (Lipinski definition) is 1. The molecule has 0 saturated heterocycles. The number of imidazole rings is 1. The SMILES string of the molecule is C/C=c1/c(-c2cccc(-c3ccc4c5cc6ccccc6cc5c5nc6ccccc6n5c4c3)c2)ccc2c1=C(CC)c1ccccc1-2. The highest BCUT2D eigenvalue weighted by Crippen LogP contribution is 2.38. The van der Waals surface area contributed by atoms with E-state index >= 15 is 0 Å². The highest BCUT2D eigenvalue weighted by molar-refractivity contribution is 6.18. The van der Waals surface area contributed by atoms with Gasteiger partial charge in [-0.05, 0) is 121 Å². The van der Waals surface area contributed by atoms with Gasteiger partial charge in [-0.2, -0.15) is 0 Å². The van der Waals surface area contributed by atoms with Gasteiger partial charge in [0.2, 0.25) is 0 Å². The summed E-state index contributed by atoms with van der Waals surface area (Å²) in [6, 6.07) is 51.3. The molecular weight excluding hydrogens is 581 g/mol. The largest absolute Gasteiger partial charge is 0.292 e. The first-order valence-corrected chi connectivity index (χ1v) is 16.9. The standard InChI is InChI=1S/C46H32N2/c1-3-33-35(22-23-39-37-17-8-7-16-36(37)34(4-2)45(33)39)32-15-11-14-28(24-32)31-20-21-38-40-25-29-12-5-6-13-30(29)26-41(40)46-47-42-18-9-10-19-43(42)48(46)44(38)27-31/h3,5-27H,4H2,1-2H3/b33-3-. The molecule has 7 aromatic carbocycles. The number of hydrogen-bond donors (Lipinski definition) is 0. The number of benzene rings is 7. The number of nitrogens with zero attached hydrogens (tertiary/aromatic N) is 2. The Morgan fingerprint density at radius 3 is 2.08 bits per heavy atom. The van der Waals surface area contributed by atoms with E-state index in [0.717, 1.165) is 23.1 Å². The molecule has 0 unspecified atom stereocenters. The maximum Gasteiger partial charge on any atom is 0.146 e. The van der Waals surface area contributed by atoms with E-state index in [1.165, 1.54) is 87.4 Å². The van der Waals surface area contributed by atoms with Gasteiger partial charge in [0.15, 0.2) is 0 Å². The van der Waals surface area contributed by atoms with Gasteiger partial charge in [0.05, 0.1) is 16.6 Å². The van der Waals surface area contributed by atoms with Crippen molar-refractivity contribution in [3.63, 3.8) is 0 Å². The highest BCUT2D eigenvalue weighted by Gasteiger charge is 2.20. The summed E-state index contributed by atoms with van der Waals surface area (Å²) in [5, 5.41) is 8.83. The third-order valence-electron chi connectivity index (χ3n) is 10.5. The Morgan fingerprint density at radius 2 is 1.25 bits per heavy atom. The van der Waals surface area contributed by atoms with Gasteiger partial charge in [0.1, 0.15) is 5.65 Å². The molecule has 1 aliphatic carbocycles. The molecule has 0 radical (unpaired) electrons. The van der Waals surface area contributed by atoms with Gasteiger partial charge < -0.3 is 0 Å². The van der Waals surface area contributed by atoms with Crippen molar-refractivity contribution in [2.45, 2.75) is 20.3 Å².